The summed E-state index contributed by atoms with van der Waals surface area (Å²) < 4.78 is 0. The van der Waals surface area contributed by atoms with E-state index < -0.39 is 0 Å². The number of fused-ring (bicyclic) bond motifs is 1. The minimum absolute atomic E-state index is 0.0346. The van der Waals surface area contributed by atoms with Gasteiger partial charge in [0.2, 0.25) is 5.91 Å². The van der Waals surface area contributed by atoms with Crippen LogP contribution in [0.15, 0.2) is 48.8 Å². The minimum atomic E-state index is -0.179. The van der Waals surface area contributed by atoms with E-state index in [2.05, 4.69) is 27.8 Å². The highest BCUT2D eigenvalue weighted by atomic mass is 16.2. The van der Waals surface area contributed by atoms with Gasteiger partial charge in [-0.2, -0.15) is 0 Å². The molecule has 3 rings (SSSR count). The lowest BCUT2D eigenvalue weighted by Crippen LogP contribution is -2.35. The Morgan fingerprint density at radius 1 is 1.08 bits per heavy atom. The molecule has 0 unspecified atom stereocenters. The fourth-order valence-electron chi connectivity index (χ4n) is 3.13. The number of nitrogens with one attached hydrogen (secondary N) is 2. The van der Waals surface area contributed by atoms with Crippen LogP contribution in [0.5, 0.6) is 0 Å². The monoisotopic (exact) mass is 323 g/mol. The number of benzene rings is 1. The van der Waals surface area contributed by atoms with E-state index in [0.29, 0.717) is 31.0 Å². The smallest absolute Gasteiger partial charge is 0.252 e. The first-order valence-electron chi connectivity index (χ1n) is 8.27. The number of rotatable bonds is 6. The highest BCUT2D eigenvalue weighted by Gasteiger charge is 2.23. The van der Waals surface area contributed by atoms with E-state index in [-0.39, 0.29) is 11.8 Å². The van der Waals surface area contributed by atoms with E-state index in [4.69, 9.17) is 0 Å². The normalized spacial score (nSPS) is 15.6. The van der Waals surface area contributed by atoms with Crippen molar-refractivity contribution < 1.29 is 9.59 Å². The van der Waals surface area contributed by atoms with Crippen molar-refractivity contribution in [1.29, 1.82) is 0 Å². The van der Waals surface area contributed by atoms with Crippen molar-refractivity contribution in [3.63, 3.8) is 0 Å². The van der Waals surface area contributed by atoms with Crippen LogP contribution < -0.4 is 10.6 Å². The second-order valence-corrected chi connectivity index (χ2v) is 5.99. The SMILES string of the molecule is O=C(C[C@@H]1CCc2ccccc21)NCCNC(=O)c1cccnc1. The van der Waals surface area contributed by atoms with Gasteiger partial charge in [-0.1, -0.05) is 24.3 Å². The topological polar surface area (TPSA) is 71.1 Å². The molecule has 2 N–H and O–H groups in total. The van der Waals surface area contributed by atoms with E-state index in [9.17, 15) is 9.59 Å². The number of aryl methyl sites for hydroxylation is 1. The minimum Gasteiger partial charge on any atom is -0.354 e. The zero-order valence-electron chi connectivity index (χ0n) is 13.5. The van der Waals surface area contributed by atoms with Crippen LogP contribution in [-0.2, 0) is 11.2 Å². The lowest BCUT2D eigenvalue weighted by Gasteiger charge is -2.12. The van der Waals surface area contributed by atoms with Gasteiger partial charge in [-0.05, 0) is 42.0 Å². The second-order valence-electron chi connectivity index (χ2n) is 5.99. The van der Waals surface area contributed by atoms with E-state index in [1.165, 1.54) is 17.3 Å². The van der Waals surface area contributed by atoms with Gasteiger partial charge in [0.15, 0.2) is 0 Å². The predicted molar refractivity (Wildman–Crippen MR) is 91.7 cm³/mol. The van der Waals surface area contributed by atoms with E-state index in [1.807, 2.05) is 12.1 Å². The molecule has 24 heavy (non-hydrogen) atoms. The molecule has 0 saturated heterocycles. The first kappa shape index (κ1) is 16.2. The third kappa shape index (κ3) is 3.98. The van der Waals surface area contributed by atoms with Crippen molar-refractivity contribution in [1.82, 2.24) is 15.6 Å². The quantitative estimate of drug-likeness (QED) is 0.799. The molecular weight excluding hydrogens is 302 g/mol. The van der Waals surface area contributed by atoms with Crippen molar-refractivity contribution in [2.45, 2.75) is 25.2 Å². The number of aromatic nitrogens is 1. The molecule has 0 spiro atoms. The lowest BCUT2D eigenvalue weighted by atomic mass is 9.97. The third-order valence-corrected chi connectivity index (χ3v) is 4.35. The third-order valence-electron chi connectivity index (χ3n) is 4.35. The molecule has 1 aromatic carbocycles. The molecule has 0 bridgehead atoms. The van der Waals surface area contributed by atoms with Crippen molar-refractivity contribution >= 4 is 11.8 Å². The summed E-state index contributed by atoms with van der Waals surface area (Å²) in [5, 5.41) is 5.65. The van der Waals surface area contributed by atoms with Crippen LogP contribution in [0.1, 0.15) is 40.2 Å². The van der Waals surface area contributed by atoms with Gasteiger partial charge in [0.05, 0.1) is 5.56 Å². The maximum absolute atomic E-state index is 12.1. The van der Waals surface area contributed by atoms with Crippen LogP contribution in [0, 0.1) is 0 Å². The van der Waals surface area contributed by atoms with E-state index in [1.54, 1.807) is 18.3 Å². The zero-order valence-corrected chi connectivity index (χ0v) is 13.5. The van der Waals surface area contributed by atoms with Crippen LogP contribution >= 0.6 is 0 Å². The van der Waals surface area contributed by atoms with Crippen LogP contribution in [0.3, 0.4) is 0 Å². The van der Waals surface area contributed by atoms with Gasteiger partial charge < -0.3 is 10.6 Å². The molecular formula is C19H21N3O2. The Kier molecular flexibility index (Phi) is 5.21. The molecule has 2 amide bonds. The molecule has 0 radical (unpaired) electrons. The summed E-state index contributed by atoms with van der Waals surface area (Å²) in [5.74, 6) is 0.167. The maximum Gasteiger partial charge on any atom is 0.252 e. The predicted octanol–water partition coefficient (Wildman–Crippen LogP) is 2.05. The van der Waals surface area contributed by atoms with Gasteiger partial charge in [-0.25, -0.2) is 0 Å². The first-order chi connectivity index (χ1) is 11.7. The van der Waals surface area contributed by atoms with Crippen molar-refractivity contribution in [3.05, 3.63) is 65.5 Å². The average Bonchev–Trinajstić information content (AvgIpc) is 3.02. The van der Waals surface area contributed by atoms with Gasteiger partial charge in [0.1, 0.15) is 0 Å². The number of hydrogen-bond acceptors (Lipinski definition) is 3. The number of nitrogens with zero attached hydrogens (tertiary/aromatic N) is 1. The summed E-state index contributed by atoms with van der Waals surface area (Å²) in [6.07, 6.45) is 5.73. The van der Waals surface area contributed by atoms with E-state index in [0.717, 1.165) is 12.8 Å². The van der Waals surface area contributed by atoms with Gasteiger partial charge in [-0.15, -0.1) is 0 Å². The molecule has 0 aliphatic heterocycles. The lowest BCUT2D eigenvalue weighted by molar-refractivity contribution is -0.121. The number of pyridine rings is 1. The van der Waals surface area contributed by atoms with Crippen LogP contribution in [-0.4, -0.2) is 29.9 Å². The Bertz CT molecular complexity index is 716. The fourth-order valence-corrected chi connectivity index (χ4v) is 3.13. The first-order valence-corrected chi connectivity index (χ1v) is 8.27. The van der Waals surface area contributed by atoms with Gasteiger partial charge in [-0.3, -0.25) is 14.6 Å². The number of carbonyl (C=O) groups excluding carboxylic acids is 2. The Balaban J connectivity index is 1.39. The Morgan fingerprint density at radius 2 is 1.92 bits per heavy atom. The number of hydrogen-bond donors (Lipinski definition) is 2. The molecule has 1 atom stereocenters. The summed E-state index contributed by atoms with van der Waals surface area (Å²) >= 11 is 0. The Hall–Kier alpha value is -2.69. The zero-order chi connectivity index (χ0) is 16.8. The molecule has 1 aromatic heterocycles. The summed E-state index contributed by atoms with van der Waals surface area (Å²) in [6.45, 7) is 0.833. The molecule has 1 aliphatic rings. The molecule has 5 heteroatoms. The van der Waals surface area contributed by atoms with Gasteiger partial charge in [0, 0.05) is 31.9 Å². The summed E-state index contributed by atoms with van der Waals surface area (Å²) in [7, 11) is 0. The van der Waals surface area contributed by atoms with Gasteiger partial charge >= 0.3 is 0 Å². The summed E-state index contributed by atoms with van der Waals surface area (Å²) in [5.41, 5.74) is 3.18. The molecule has 1 aliphatic carbocycles. The Labute approximate surface area is 141 Å². The standard InChI is InChI=1S/C19H21N3O2/c23-18(12-15-8-7-14-4-1-2-6-17(14)15)21-10-11-22-19(24)16-5-3-9-20-13-16/h1-6,9,13,15H,7-8,10-12H2,(H,21,23)(H,22,24)/t15-/m0/s1. The van der Waals surface area contributed by atoms with Crippen LogP contribution in [0.25, 0.3) is 0 Å². The molecule has 1 heterocycles. The van der Waals surface area contributed by atoms with Crippen molar-refractivity contribution in [2.24, 2.45) is 0 Å². The maximum atomic E-state index is 12.1. The molecule has 5 nitrogen and oxygen atoms in total. The molecule has 2 aromatic rings. The fraction of sp³-hybridized carbons (Fsp3) is 0.316. The van der Waals surface area contributed by atoms with Gasteiger partial charge in [0.25, 0.3) is 5.91 Å². The van der Waals surface area contributed by atoms with Crippen LogP contribution in [0.2, 0.25) is 0 Å². The average molecular weight is 323 g/mol. The molecule has 0 fully saturated rings. The van der Waals surface area contributed by atoms with Crippen molar-refractivity contribution in [3.8, 4) is 0 Å². The van der Waals surface area contributed by atoms with Crippen molar-refractivity contribution in [2.75, 3.05) is 13.1 Å². The highest BCUT2D eigenvalue weighted by molar-refractivity contribution is 5.93. The number of carbonyl (C=O) groups is 2. The van der Waals surface area contributed by atoms with Crippen LogP contribution in [0.4, 0.5) is 0 Å². The molecule has 124 valence electrons. The Morgan fingerprint density at radius 3 is 2.75 bits per heavy atom. The molecule has 0 saturated carbocycles. The summed E-state index contributed by atoms with van der Waals surface area (Å²) in [4.78, 5) is 27.8. The number of amides is 2. The van der Waals surface area contributed by atoms with E-state index >= 15 is 0 Å². The summed E-state index contributed by atoms with van der Waals surface area (Å²) in [6, 6.07) is 11.8. The highest BCUT2D eigenvalue weighted by Crippen LogP contribution is 2.34. The second kappa shape index (κ2) is 7.73. The largest absolute Gasteiger partial charge is 0.354 e.